The van der Waals surface area contributed by atoms with Gasteiger partial charge in [0.2, 0.25) is 0 Å². The third-order valence-corrected chi connectivity index (χ3v) is 2.82. The maximum atomic E-state index is 10.8. The number of rotatable bonds is 2. The Bertz CT molecular complexity index is 794. The summed E-state index contributed by atoms with van der Waals surface area (Å²) in [5.41, 5.74) is 11.5. The Morgan fingerprint density at radius 3 is 2.19 bits per heavy atom. The van der Waals surface area contributed by atoms with Gasteiger partial charge in [-0.15, -0.1) is 0 Å². The third kappa shape index (κ3) is 2.29. The summed E-state index contributed by atoms with van der Waals surface area (Å²) in [5, 5.41) is 29.2. The fourth-order valence-electron chi connectivity index (χ4n) is 1.91. The number of nitrogens with zero attached hydrogens (tertiary/aromatic N) is 4. The van der Waals surface area contributed by atoms with Crippen molar-refractivity contribution in [2.75, 3.05) is 11.5 Å². The van der Waals surface area contributed by atoms with Gasteiger partial charge >= 0.3 is 0 Å². The average molecular weight is 280 g/mol. The largest absolute Gasteiger partial charge is 0.383 e. The molecular formula is C13H8N6O2. The van der Waals surface area contributed by atoms with Crippen LogP contribution in [0, 0.1) is 32.8 Å². The number of nitrogens with two attached hydrogens (primary N) is 2. The number of nitriles is 2. The van der Waals surface area contributed by atoms with Gasteiger partial charge < -0.3 is 11.5 Å². The summed E-state index contributed by atoms with van der Waals surface area (Å²) < 4.78 is 0. The molecule has 0 aliphatic carbocycles. The zero-order valence-electron chi connectivity index (χ0n) is 10.6. The van der Waals surface area contributed by atoms with Crippen molar-refractivity contribution in [2.45, 2.75) is 0 Å². The van der Waals surface area contributed by atoms with Crippen LogP contribution in [0.2, 0.25) is 0 Å². The molecule has 8 nitrogen and oxygen atoms in total. The first-order valence-electron chi connectivity index (χ1n) is 5.63. The molecule has 0 fully saturated rings. The molecule has 4 N–H and O–H groups in total. The van der Waals surface area contributed by atoms with Crippen molar-refractivity contribution in [3.05, 3.63) is 45.5 Å². The SMILES string of the molecule is N#Cc1c(N)nc(N)c(C#N)c1-c1cccc([N+](=O)[O-])c1. The van der Waals surface area contributed by atoms with Gasteiger partial charge in [0, 0.05) is 17.7 Å². The average Bonchev–Trinajstić information content (AvgIpc) is 2.46. The van der Waals surface area contributed by atoms with E-state index in [0.717, 1.165) is 0 Å². The Balaban J connectivity index is 2.86. The van der Waals surface area contributed by atoms with Gasteiger partial charge in [0.05, 0.1) is 4.92 Å². The number of nitrogen functional groups attached to an aromatic ring is 2. The molecule has 0 spiro atoms. The second-order valence-electron chi connectivity index (χ2n) is 4.04. The maximum absolute atomic E-state index is 10.8. The van der Waals surface area contributed by atoms with Crippen LogP contribution < -0.4 is 11.5 Å². The molecule has 1 heterocycles. The summed E-state index contributed by atoms with van der Waals surface area (Å²) in [6, 6.07) is 9.22. The molecule has 2 aromatic rings. The van der Waals surface area contributed by atoms with Crippen LogP contribution in [0.5, 0.6) is 0 Å². The van der Waals surface area contributed by atoms with Crippen LogP contribution in [-0.2, 0) is 0 Å². The molecule has 0 aliphatic rings. The summed E-state index contributed by atoms with van der Waals surface area (Å²) in [7, 11) is 0. The van der Waals surface area contributed by atoms with Crippen LogP contribution in [0.3, 0.4) is 0 Å². The molecule has 1 aromatic heterocycles. The summed E-state index contributed by atoms with van der Waals surface area (Å²) in [4.78, 5) is 14.0. The summed E-state index contributed by atoms with van der Waals surface area (Å²) in [6.45, 7) is 0. The molecule has 0 aliphatic heterocycles. The fourth-order valence-corrected chi connectivity index (χ4v) is 1.91. The summed E-state index contributed by atoms with van der Waals surface area (Å²) in [5.74, 6) is -0.258. The van der Waals surface area contributed by atoms with Gasteiger partial charge in [0.15, 0.2) is 0 Å². The highest BCUT2D eigenvalue weighted by Crippen LogP contribution is 2.34. The predicted octanol–water partition coefficient (Wildman–Crippen LogP) is 1.56. The van der Waals surface area contributed by atoms with Crippen LogP contribution in [0.15, 0.2) is 24.3 Å². The van der Waals surface area contributed by atoms with Gasteiger partial charge in [-0.2, -0.15) is 10.5 Å². The molecular weight excluding hydrogens is 272 g/mol. The molecule has 0 unspecified atom stereocenters. The van der Waals surface area contributed by atoms with E-state index in [1.165, 1.54) is 24.3 Å². The Morgan fingerprint density at radius 1 is 1.14 bits per heavy atom. The van der Waals surface area contributed by atoms with Crippen molar-refractivity contribution in [1.82, 2.24) is 4.98 Å². The normalized spacial score (nSPS) is 9.62. The first-order chi connectivity index (χ1) is 9.99. The van der Waals surface area contributed by atoms with E-state index in [1.807, 2.05) is 12.1 Å². The Kier molecular flexibility index (Phi) is 3.38. The van der Waals surface area contributed by atoms with Crippen molar-refractivity contribution in [3.63, 3.8) is 0 Å². The molecule has 0 bridgehead atoms. The zero-order valence-corrected chi connectivity index (χ0v) is 10.6. The van der Waals surface area contributed by atoms with Gasteiger partial charge in [-0.3, -0.25) is 10.1 Å². The summed E-state index contributed by atoms with van der Waals surface area (Å²) >= 11 is 0. The van der Waals surface area contributed by atoms with E-state index in [2.05, 4.69) is 4.98 Å². The van der Waals surface area contributed by atoms with Gasteiger partial charge in [-0.1, -0.05) is 12.1 Å². The molecule has 0 saturated carbocycles. The smallest absolute Gasteiger partial charge is 0.270 e. The lowest BCUT2D eigenvalue weighted by Crippen LogP contribution is -2.05. The van der Waals surface area contributed by atoms with Crippen LogP contribution in [-0.4, -0.2) is 9.91 Å². The number of hydrogen-bond acceptors (Lipinski definition) is 7. The van der Waals surface area contributed by atoms with E-state index < -0.39 is 4.92 Å². The van der Waals surface area contributed by atoms with Gasteiger partial charge in [0.1, 0.15) is 34.9 Å². The Morgan fingerprint density at radius 2 is 1.71 bits per heavy atom. The first-order valence-corrected chi connectivity index (χ1v) is 5.63. The molecule has 0 amide bonds. The minimum atomic E-state index is -0.574. The van der Waals surface area contributed by atoms with Gasteiger partial charge in [-0.25, -0.2) is 4.98 Å². The first kappa shape index (κ1) is 13.8. The molecule has 0 radical (unpaired) electrons. The van der Waals surface area contributed by atoms with Gasteiger partial charge in [0.25, 0.3) is 5.69 Å². The highest BCUT2D eigenvalue weighted by molar-refractivity contribution is 5.85. The Hall–Kier alpha value is -3.65. The molecule has 8 heteroatoms. The Labute approximate surface area is 119 Å². The minimum Gasteiger partial charge on any atom is -0.383 e. The van der Waals surface area contributed by atoms with E-state index in [4.69, 9.17) is 11.5 Å². The minimum absolute atomic E-state index is 0.0405. The fraction of sp³-hybridized carbons (Fsp3) is 0. The lowest BCUT2D eigenvalue weighted by Gasteiger charge is -2.10. The van der Waals surface area contributed by atoms with E-state index in [9.17, 15) is 20.6 Å². The van der Waals surface area contributed by atoms with E-state index in [0.29, 0.717) is 5.56 Å². The highest BCUT2D eigenvalue weighted by Gasteiger charge is 2.20. The summed E-state index contributed by atoms with van der Waals surface area (Å²) in [6.07, 6.45) is 0. The second kappa shape index (κ2) is 5.15. The molecule has 21 heavy (non-hydrogen) atoms. The van der Waals surface area contributed by atoms with E-state index >= 15 is 0 Å². The van der Waals surface area contributed by atoms with Crippen molar-refractivity contribution < 1.29 is 4.92 Å². The molecule has 2 rings (SSSR count). The molecule has 0 atom stereocenters. The van der Waals surface area contributed by atoms with Crippen molar-refractivity contribution in [1.29, 1.82) is 10.5 Å². The number of nitro benzene ring substituents is 1. The molecule has 1 aromatic carbocycles. The van der Waals surface area contributed by atoms with Crippen LogP contribution in [0.1, 0.15) is 11.1 Å². The zero-order chi connectivity index (χ0) is 15.6. The monoisotopic (exact) mass is 280 g/mol. The lowest BCUT2D eigenvalue weighted by molar-refractivity contribution is -0.384. The lowest BCUT2D eigenvalue weighted by atomic mass is 9.96. The molecule has 102 valence electrons. The number of benzene rings is 1. The number of non-ortho nitro benzene ring substituents is 1. The highest BCUT2D eigenvalue weighted by atomic mass is 16.6. The number of aromatic nitrogens is 1. The number of pyridine rings is 1. The quantitative estimate of drug-likeness (QED) is 0.624. The van der Waals surface area contributed by atoms with E-state index in [1.54, 1.807) is 0 Å². The number of hydrogen-bond donors (Lipinski definition) is 2. The van der Waals surface area contributed by atoms with Crippen molar-refractivity contribution >= 4 is 17.3 Å². The van der Waals surface area contributed by atoms with Crippen molar-refractivity contribution in [3.8, 4) is 23.3 Å². The number of anilines is 2. The van der Waals surface area contributed by atoms with Crippen molar-refractivity contribution in [2.24, 2.45) is 0 Å². The predicted molar refractivity (Wildman–Crippen MR) is 74.6 cm³/mol. The van der Waals surface area contributed by atoms with Crippen LogP contribution >= 0.6 is 0 Å². The second-order valence-corrected chi connectivity index (χ2v) is 4.04. The number of nitro groups is 1. The standard InChI is InChI=1S/C13H8N6O2/c14-5-9-11(10(6-15)13(17)18-12(9)16)7-2-1-3-8(4-7)19(20)21/h1-4H,(H4,16,17,18). The molecule has 0 saturated heterocycles. The van der Waals surface area contributed by atoms with Gasteiger partial charge in [-0.05, 0) is 5.56 Å². The third-order valence-electron chi connectivity index (χ3n) is 2.82. The topological polar surface area (TPSA) is 156 Å². The maximum Gasteiger partial charge on any atom is 0.270 e. The van der Waals surface area contributed by atoms with Crippen LogP contribution in [0.25, 0.3) is 11.1 Å². The van der Waals surface area contributed by atoms with Crippen LogP contribution in [0.4, 0.5) is 17.3 Å². The van der Waals surface area contributed by atoms with E-state index in [-0.39, 0.29) is 34.0 Å².